The van der Waals surface area contributed by atoms with Crippen molar-refractivity contribution in [3.63, 3.8) is 0 Å². The van der Waals surface area contributed by atoms with Gasteiger partial charge in [0.05, 0.1) is 0 Å². The van der Waals surface area contributed by atoms with E-state index in [1.54, 1.807) is 18.2 Å². The fourth-order valence-electron chi connectivity index (χ4n) is 4.22. The van der Waals surface area contributed by atoms with Crippen molar-refractivity contribution in [3.8, 4) is 5.75 Å². The van der Waals surface area contributed by atoms with E-state index in [1.165, 1.54) is 30.7 Å². The van der Waals surface area contributed by atoms with Crippen LogP contribution < -0.4 is 4.74 Å². The second-order valence-corrected chi connectivity index (χ2v) is 7.55. The first-order valence-corrected chi connectivity index (χ1v) is 8.72. The summed E-state index contributed by atoms with van der Waals surface area (Å²) in [6, 6.07) is 10.6. The Morgan fingerprint density at radius 1 is 1.11 bits per heavy atom. The second kappa shape index (κ2) is 6.22. The van der Waals surface area contributed by atoms with Gasteiger partial charge in [0, 0.05) is 18.5 Å². The van der Waals surface area contributed by atoms with Gasteiger partial charge in [-0.3, -0.25) is 0 Å². The third kappa shape index (κ3) is 3.02. The summed E-state index contributed by atoms with van der Waals surface area (Å²) in [5.41, 5.74) is 0.323. The maximum Gasteiger partial charge on any atom is 0.573 e. The number of likely N-dealkylation sites (tertiary alicyclic amines) is 1. The van der Waals surface area contributed by atoms with Crippen molar-refractivity contribution in [2.75, 3.05) is 20.1 Å². The van der Waals surface area contributed by atoms with E-state index in [2.05, 4.69) is 14.6 Å². The van der Waals surface area contributed by atoms with Crippen LogP contribution in [0.1, 0.15) is 18.1 Å². The number of hydrogen-bond acceptors (Lipinski definition) is 5. The Kier molecular flexibility index (Phi) is 4.17. The Morgan fingerprint density at radius 2 is 1.75 bits per heavy atom. The minimum Gasteiger partial charge on any atom is -0.443 e. The number of ether oxygens (including phenoxy) is 1. The van der Waals surface area contributed by atoms with E-state index in [9.17, 15) is 18.3 Å². The molecule has 0 spiro atoms. The van der Waals surface area contributed by atoms with Crippen LogP contribution in [0.5, 0.6) is 5.75 Å². The number of oxazole rings is 1. The van der Waals surface area contributed by atoms with E-state index >= 15 is 0 Å². The highest BCUT2D eigenvalue weighted by atomic mass is 19.4. The molecule has 4 rings (SSSR count). The Balaban J connectivity index is 1.79. The van der Waals surface area contributed by atoms with E-state index in [-0.39, 0.29) is 5.75 Å². The lowest BCUT2D eigenvalue weighted by Gasteiger charge is -2.56. The molecule has 148 valence electrons. The van der Waals surface area contributed by atoms with Crippen LogP contribution in [0.4, 0.5) is 13.2 Å². The first-order valence-electron chi connectivity index (χ1n) is 8.72. The largest absolute Gasteiger partial charge is 0.573 e. The quantitative estimate of drug-likeness (QED) is 0.730. The summed E-state index contributed by atoms with van der Waals surface area (Å²) in [6.07, 6.45) is -3.44. The molecule has 2 aromatic carbocycles. The van der Waals surface area contributed by atoms with Gasteiger partial charge >= 0.3 is 6.36 Å². The van der Waals surface area contributed by atoms with Gasteiger partial charge < -0.3 is 19.2 Å². The standard InChI is InChI=1S/C20H19F3N2O3/c1-18(10-25(2)11-18)19(26,14-5-8-17-16(9-14)24-12-27-17)13-3-6-15(7-4-13)28-20(21,22)23/h3-9,12,26H,10-11H2,1-2H3/t19-/m1/s1. The first kappa shape index (κ1) is 18.8. The smallest absolute Gasteiger partial charge is 0.443 e. The molecule has 1 saturated heterocycles. The number of alkyl halides is 3. The Morgan fingerprint density at radius 3 is 2.36 bits per heavy atom. The third-order valence-electron chi connectivity index (χ3n) is 5.37. The maximum absolute atomic E-state index is 12.5. The zero-order valence-corrected chi connectivity index (χ0v) is 15.3. The van der Waals surface area contributed by atoms with Crippen LogP contribution in [0, 0.1) is 5.41 Å². The molecule has 8 heteroatoms. The van der Waals surface area contributed by atoms with Gasteiger partial charge in [0.15, 0.2) is 12.0 Å². The summed E-state index contributed by atoms with van der Waals surface area (Å²) < 4.78 is 46.6. The summed E-state index contributed by atoms with van der Waals surface area (Å²) in [7, 11) is 1.95. The molecule has 1 aliphatic heterocycles. The van der Waals surface area contributed by atoms with Crippen LogP contribution in [0.15, 0.2) is 53.3 Å². The molecule has 0 amide bonds. The number of aromatic nitrogens is 1. The molecular weight excluding hydrogens is 373 g/mol. The average molecular weight is 392 g/mol. The van der Waals surface area contributed by atoms with E-state index in [0.717, 1.165) is 0 Å². The van der Waals surface area contributed by atoms with Crippen LogP contribution in [-0.2, 0) is 5.60 Å². The van der Waals surface area contributed by atoms with Gasteiger partial charge in [-0.05, 0) is 42.4 Å². The van der Waals surface area contributed by atoms with Crippen molar-refractivity contribution in [2.24, 2.45) is 5.41 Å². The molecule has 1 aliphatic rings. The number of halogens is 3. The Bertz CT molecular complexity index is 994. The molecule has 1 atom stereocenters. The summed E-state index contributed by atoms with van der Waals surface area (Å²) in [4.78, 5) is 6.22. The highest BCUT2D eigenvalue weighted by molar-refractivity contribution is 5.73. The van der Waals surface area contributed by atoms with E-state index < -0.39 is 17.4 Å². The van der Waals surface area contributed by atoms with Crippen LogP contribution in [0.25, 0.3) is 11.1 Å². The Hall–Kier alpha value is -2.58. The maximum atomic E-state index is 12.5. The first-order chi connectivity index (χ1) is 13.1. The second-order valence-electron chi connectivity index (χ2n) is 7.55. The van der Waals surface area contributed by atoms with Crippen molar-refractivity contribution in [2.45, 2.75) is 18.9 Å². The van der Waals surface area contributed by atoms with Crippen molar-refractivity contribution in [3.05, 3.63) is 60.0 Å². The molecule has 0 radical (unpaired) electrons. The van der Waals surface area contributed by atoms with Crippen LogP contribution in [-0.4, -0.2) is 41.5 Å². The Labute approximate surface area is 159 Å². The molecular formula is C20H19F3N2O3. The normalized spacial score (nSPS) is 19.2. The van der Waals surface area contributed by atoms with Gasteiger partial charge in [-0.15, -0.1) is 13.2 Å². The molecule has 0 bridgehead atoms. The third-order valence-corrected chi connectivity index (χ3v) is 5.37. The molecule has 2 heterocycles. The monoisotopic (exact) mass is 392 g/mol. The zero-order chi connectivity index (χ0) is 20.2. The molecule has 1 aromatic heterocycles. The fourth-order valence-corrected chi connectivity index (χ4v) is 4.22. The molecule has 0 aliphatic carbocycles. The van der Waals surface area contributed by atoms with Crippen molar-refractivity contribution in [1.82, 2.24) is 9.88 Å². The SMILES string of the molecule is CN1CC(C)([C@@](O)(c2ccc(OC(F)(F)F)cc2)c2ccc3ocnc3c2)C1. The van der Waals surface area contributed by atoms with Gasteiger partial charge in [0.25, 0.3) is 0 Å². The van der Waals surface area contributed by atoms with Gasteiger partial charge in [-0.1, -0.05) is 25.1 Å². The fraction of sp³-hybridized carbons (Fsp3) is 0.350. The summed E-state index contributed by atoms with van der Waals surface area (Å²) in [5.74, 6) is -0.332. The van der Waals surface area contributed by atoms with Crippen LogP contribution in [0.3, 0.4) is 0 Å². The highest BCUT2D eigenvalue weighted by Crippen LogP contribution is 2.50. The molecule has 0 saturated carbocycles. The average Bonchev–Trinajstić information content (AvgIpc) is 3.06. The summed E-state index contributed by atoms with van der Waals surface area (Å²) >= 11 is 0. The number of fused-ring (bicyclic) bond motifs is 1. The number of benzene rings is 2. The minimum absolute atomic E-state index is 0.332. The van der Waals surface area contributed by atoms with E-state index in [0.29, 0.717) is 35.3 Å². The van der Waals surface area contributed by atoms with Gasteiger partial charge in [-0.25, -0.2) is 4.98 Å². The van der Waals surface area contributed by atoms with Crippen LogP contribution in [0.2, 0.25) is 0 Å². The lowest BCUT2D eigenvalue weighted by atomic mass is 9.62. The molecule has 0 unspecified atom stereocenters. The molecule has 1 fully saturated rings. The molecule has 5 nitrogen and oxygen atoms in total. The van der Waals surface area contributed by atoms with Gasteiger partial charge in [0.2, 0.25) is 0 Å². The van der Waals surface area contributed by atoms with Crippen molar-refractivity contribution < 1.29 is 27.4 Å². The van der Waals surface area contributed by atoms with E-state index in [1.807, 2.05) is 14.0 Å². The van der Waals surface area contributed by atoms with Crippen molar-refractivity contribution in [1.29, 1.82) is 0 Å². The van der Waals surface area contributed by atoms with Crippen LogP contribution >= 0.6 is 0 Å². The predicted octanol–water partition coefficient (Wildman–Crippen LogP) is 3.91. The zero-order valence-electron chi connectivity index (χ0n) is 15.3. The minimum atomic E-state index is -4.77. The predicted molar refractivity (Wildman–Crippen MR) is 95.7 cm³/mol. The summed E-state index contributed by atoms with van der Waals surface area (Å²) in [5, 5.41) is 11.9. The number of rotatable bonds is 4. The molecule has 28 heavy (non-hydrogen) atoms. The highest BCUT2D eigenvalue weighted by Gasteiger charge is 2.55. The molecule has 3 aromatic rings. The van der Waals surface area contributed by atoms with Gasteiger partial charge in [0.1, 0.15) is 16.9 Å². The van der Waals surface area contributed by atoms with Crippen molar-refractivity contribution >= 4 is 11.1 Å². The van der Waals surface area contributed by atoms with Gasteiger partial charge in [-0.2, -0.15) is 0 Å². The number of aliphatic hydroxyl groups is 1. The molecule has 1 N–H and O–H groups in total. The topological polar surface area (TPSA) is 58.7 Å². The lowest BCUT2D eigenvalue weighted by molar-refractivity contribution is -0.274. The number of nitrogens with zero attached hydrogens (tertiary/aromatic N) is 2. The van der Waals surface area contributed by atoms with E-state index in [4.69, 9.17) is 4.42 Å². The number of hydrogen-bond donors (Lipinski definition) is 1. The lowest BCUT2D eigenvalue weighted by Crippen LogP contribution is -2.63. The summed E-state index contributed by atoms with van der Waals surface area (Å²) in [6.45, 7) is 3.21.